The fourth-order valence-electron chi connectivity index (χ4n) is 1.72. The van der Waals surface area contributed by atoms with Crippen molar-refractivity contribution in [3.8, 4) is 0 Å². The van der Waals surface area contributed by atoms with Crippen LogP contribution in [0.25, 0.3) is 0 Å². The van der Waals surface area contributed by atoms with E-state index in [1.54, 1.807) is 0 Å². The Morgan fingerprint density at radius 2 is 1.38 bits per heavy atom. The number of ether oxygens (including phenoxy) is 2. The maximum atomic E-state index is 5.57. The summed E-state index contributed by atoms with van der Waals surface area (Å²) in [7, 11) is 0. The van der Waals surface area contributed by atoms with Crippen molar-refractivity contribution < 1.29 is 26.5 Å². The third-order valence-electron chi connectivity index (χ3n) is 2.67. The Labute approximate surface area is 107 Å². The van der Waals surface area contributed by atoms with E-state index in [9.17, 15) is 0 Å². The van der Waals surface area contributed by atoms with Crippen LogP contribution in [0.1, 0.15) is 27.7 Å². The SMILES string of the molecule is CC1COC(C(C)(C)C2=N[C@@H](C)CO2)=N1.[Cu+2]. The molecule has 0 spiro atoms. The van der Waals surface area contributed by atoms with Gasteiger partial charge in [-0.25, -0.2) is 9.98 Å². The second kappa shape index (κ2) is 4.76. The van der Waals surface area contributed by atoms with Gasteiger partial charge in [-0.05, 0) is 27.7 Å². The van der Waals surface area contributed by atoms with E-state index < -0.39 is 0 Å². The van der Waals surface area contributed by atoms with Crippen LogP contribution in [-0.4, -0.2) is 37.1 Å². The zero-order valence-electron chi connectivity index (χ0n) is 10.1. The summed E-state index contributed by atoms with van der Waals surface area (Å²) in [6, 6.07) is 0.498. The van der Waals surface area contributed by atoms with E-state index in [2.05, 4.69) is 9.98 Å². The average Bonchev–Trinajstić information content (AvgIpc) is 2.74. The van der Waals surface area contributed by atoms with Crippen molar-refractivity contribution in [1.82, 2.24) is 0 Å². The van der Waals surface area contributed by atoms with Crippen LogP contribution in [0.5, 0.6) is 0 Å². The molecule has 2 atom stereocenters. The molecule has 1 unspecified atom stereocenters. The minimum absolute atomic E-state index is 0. The first kappa shape index (κ1) is 13.5. The summed E-state index contributed by atoms with van der Waals surface area (Å²) in [5, 5.41) is 0. The number of hydrogen-bond donors (Lipinski definition) is 0. The normalized spacial score (nSPS) is 28.8. The molecule has 0 saturated heterocycles. The summed E-state index contributed by atoms with van der Waals surface area (Å²) < 4.78 is 11.1. The molecule has 1 radical (unpaired) electrons. The van der Waals surface area contributed by atoms with E-state index in [0.717, 1.165) is 11.8 Å². The molecule has 5 heteroatoms. The van der Waals surface area contributed by atoms with Gasteiger partial charge in [-0.3, -0.25) is 0 Å². The van der Waals surface area contributed by atoms with Crippen LogP contribution in [0, 0.1) is 5.41 Å². The zero-order chi connectivity index (χ0) is 11.1. The van der Waals surface area contributed by atoms with Crippen LogP contribution in [0.15, 0.2) is 9.98 Å². The number of nitrogens with zero attached hydrogens (tertiary/aromatic N) is 2. The fraction of sp³-hybridized carbons (Fsp3) is 0.818. The fourth-order valence-corrected chi connectivity index (χ4v) is 1.72. The molecule has 2 aliphatic rings. The van der Waals surface area contributed by atoms with Gasteiger partial charge in [0.25, 0.3) is 0 Å². The van der Waals surface area contributed by atoms with Crippen LogP contribution in [-0.2, 0) is 26.5 Å². The van der Waals surface area contributed by atoms with E-state index in [4.69, 9.17) is 9.47 Å². The van der Waals surface area contributed by atoms with Crippen molar-refractivity contribution >= 4 is 11.8 Å². The monoisotopic (exact) mass is 273 g/mol. The standard InChI is InChI=1S/C11H18N2O2.Cu/c1-7-5-14-9(12-7)11(3,4)10-13-8(2)6-15-10;/h7-8H,5-6H2,1-4H3;/q;+2/t7-,8?;/m0./s1. The molecule has 2 heterocycles. The summed E-state index contributed by atoms with van der Waals surface area (Å²) in [6.45, 7) is 9.51. The molecule has 4 nitrogen and oxygen atoms in total. The number of hydrogen-bond acceptors (Lipinski definition) is 4. The third-order valence-corrected chi connectivity index (χ3v) is 2.67. The van der Waals surface area contributed by atoms with Crippen LogP contribution in [0.4, 0.5) is 0 Å². The van der Waals surface area contributed by atoms with E-state index in [1.807, 2.05) is 27.7 Å². The molecule has 0 aromatic carbocycles. The van der Waals surface area contributed by atoms with Gasteiger partial charge in [-0.1, -0.05) is 0 Å². The summed E-state index contributed by atoms with van der Waals surface area (Å²) in [5.41, 5.74) is -0.324. The molecule has 93 valence electrons. The van der Waals surface area contributed by atoms with Gasteiger partial charge in [0.05, 0.1) is 12.1 Å². The Balaban J connectivity index is 0.00000128. The largest absolute Gasteiger partial charge is 2.00 e. The molecular formula is C11H18CuN2O2+2. The molecule has 0 aromatic rings. The maximum absolute atomic E-state index is 5.57. The first-order valence-corrected chi connectivity index (χ1v) is 5.42. The van der Waals surface area contributed by atoms with Gasteiger partial charge < -0.3 is 9.47 Å². The number of aliphatic imine (C=N–C) groups is 2. The molecule has 0 fully saturated rings. The Hall–Kier alpha value is -0.541. The quantitative estimate of drug-likeness (QED) is 0.718. The van der Waals surface area contributed by atoms with Gasteiger partial charge in [0.1, 0.15) is 18.6 Å². The maximum Gasteiger partial charge on any atom is 2.00 e. The summed E-state index contributed by atoms with van der Waals surface area (Å²) in [4.78, 5) is 8.93. The molecule has 0 saturated carbocycles. The van der Waals surface area contributed by atoms with Gasteiger partial charge in [-0.15, -0.1) is 0 Å². The number of rotatable bonds is 2. The first-order valence-electron chi connectivity index (χ1n) is 5.42. The van der Waals surface area contributed by atoms with Crippen LogP contribution in [0.3, 0.4) is 0 Å². The van der Waals surface area contributed by atoms with Crippen molar-refractivity contribution in [2.24, 2.45) is 15.4 Å². The molecule has 0 aliphatic carbocycles. The molecule has 2 rings (SSSR count). The van der Waals surface area contributed by atoms with Gasteiger partial charge in [0.2, 0.25) is 0 Å². The van der Waals surface area contributed by atoms with Gasteiger partial charge in [-0.2, -0.15) is 0 Å². The topological polar surface area (TPSA) is 43.2 Å². The summed E-state index contributed by atoms with van der Waals surface area (Å²) in [5.74, 6) is 1.51. The molecule has 2 aliphatic heterocycles. The zero-order valence-corrected chi connectivity index (χ0v) is 11.0. The molecule has 0 aromatic heterocycles. The Morgan fingerprint density at radius 1 is 1.00 bits per heavy atom. The predicted molar refractivity (Wildman–Crippen MR) is 59.5 cm³/mol. The van der Waals surface area contributed by atoms with Crippen LogP contribution < -0.4 is 0 Å². The van der Waals surface area contributed by atoms with Gasteiger partial charge in [0, 0.05) is 0 Å². The smallest absolute Gasteiger partial charge is 0.478 e. The minimum Gasteiger partial charge on any atom is -0.478 e. The van der Waals surface area contributed by atoms with Gasteiger partial charge >= 0.3 is 17.1 Å². The van der Waals surface area contributed by atoms with Crippen molar-refractivity contribution in [3.63, 3.8) is 0 Å². The average molecular weight is 274 g/mol. The second-order valence-corrected chi connectivity index (χ2v) is 4.81. The minimum atomic E-state index is -0.324. The summed E-state index contributed by atoms with van der Waals surface area (Å²) >= 11 is 0. The molecule has 0 N–H and O–H groups in total. The Bertz CT molecular complexity index is 296. The van der Waals surface area contributed by atoms with E-state index in [-0.39, 0.29) is 34.6 Å². The predicted octanol–water partition coefficient (Wildman–Crippen LogP) is 1.64. The first-order chi connectivity index (χ1) is 7.00. The van der Waals surface area contributed by atoms with Crippen molar-refractivity contribution in [3.05, 3.63) is 0 Å². The van der Waals surface area contributed by atoms with E-state index in [1.165, 1.54) is 0 Å². The second-order valence-electron chi connectivity index (χ2n) is 4.81. The van der Waals surface area contributed by atoms with Crippen molar-refractivity contribution in [2.75, 3.05) is 13.2 Å². The van der Waals surface area contributed by atoms with Gasteiger partial charge in [0.15, 0.2) is 11.8 Å². The Kier molecular flexibility index (Phi) is 4.02. The summed E-state index contributed by atoms with van der Waals surface area (Å²) in [6.07, 6.45) is 0. The molecule has 0 amide bonds. The van der Waals surface area contributed by atoms with Crippen molar-refractivity contribution in [1.29, 1.82) is 0 Å². The third kappa shape index (κ3) is 2.41. The van der Waals surface area contributed by atoms with Crippen molar-refractivity contribution in [2.45, 2.75) is 39.8 Å². The molecule has 16 heavy (non-hydrogen) atoms. The van der Waals surface area contributed by atoms with Crippen LogP contribution >= 0.6 is 0 Å². The van der Waals surface area contributed by atoms with Crippen LogP contribution in [0.2, 0.25) is 0 Å². The van der Waals surface area contributed by atoms with E-state index >= 15 is 0 Å². The Morgan fingerprint density at radius 3 is 1.62 bits per heavy atom. The van der Waals surface area contributed by atoms with E-state index in [0.29, 0.717) is 13.2 Å². The molecular weight excluding hydrogens is 256 g/mol. The molecule has 0 bridgehead atoms.